The molecule has 37 heavy (non-hydrogen) atoms. The molecule has 2 aliphatic rings. The van der Waals surface area contributed by atoms with E-state index in [4.69, 9.17) is 0 Å². The molecule has 5 rings (SSSR count). The van der Waals surface area contributed by atoms with Gasteiger partial charge in [-0.1, -0.05) is 50.2 Å². The van der Waals surface area contributed by atoms with Crippen LogP contribution in [0.3, 0.4) is 0 Å². The van der Waals surface area contributed by atoms with Gasteiger partial charge in [0.15, 0.2) is 0 Å². The van der Waals surface area contributed by atoms with E-state index >= 15 is 4.39 Å². The van der Waals surface area contributed by atoms with Gasteiger partial charge in [0.2, 0.25) is 5.91 Å². The molecule has 2 amide bonds. The Bertz CT molecular complexity index is 1300. The fourth-order valence-electron chi connectivity index (χ4n) is 5.51. The minimum Gasteiger partial charge on any atom is -0.367 e. The van der Waals surface area contributed by atoms with Gasteiger partial charge in [-0.05, 0) is 54.3 Å². The van der Waals surface area contributed by atoms with Crippen molar-refractivity contribution in [3.05, 3.63) is 89.2 Å². The number of hydrogen-bond acceptors (Lipinski definition) is 4. The maximum Gasteiger partial charge on any atom is 0.256 e. The number of piperazine rings is 1. The third-order valence-corrected chi connectivity index (χ3v) is 7.60. The molecule has 1 unspecified atom stereocenters. The Hall–Kier alpha value is -3.71. The van der Waals surface area contributed by atoms with E-state index in [2.05, 4.69) is 26.5 Å². The van der Waals surface area contributed by atoms with Gasteiger partial charge in [-0.15, -0.1) is 0 Å². The Morgan fingerprint density at radius 2 is 1.65 bits per heavy atom. The van der Waals surface area contributed by atoms with Crippen molar-refractivity contribution in [2.24, 2.45) is 5.92 Å². The average Bonchev–Trinajstić information content (AvgIpc) is 3.03. The van der Waals surface area contributed by atoms with Gasteiger partial charge < -0.3 is 15.5 Å². The number of halogens is 1. The normalized spacial score (nSPS) is 17.6. The van der Waals surface area contributed by atoms with E-state index in [1.807, 2.05) is 56.3 Å². The highest BCUT2D eigenvalue weighted by Gasteiger charge is 2.33. The summed E-state index contributed by atoms with van der Waals surface area (Å²) in [7, 11) is 0. The van der Waals surface area contributed by atoms with Crippen molar-refractivity contribution in [1.29, 1.82) is 0 Å². The number of benzene rings is 3. The molecule has 1 saturated heterocycles. The summed E-state index contributed by atoms with van der Waals surface area (Å²) in [6.07, 6.45) is 1.51. The lowest BCUT2D eigenvalue weighted by Gasteiger charge is -2.41. The Morgan fingerprint density at radius 3 is 2.35 bits per heavy atom. The Kier molecular flexibility index (Phi) is 7.24. The molecule has 0 radical (unpaired) electrons. The highest BCUT2D eigenvalue weighted by molar-refractivity contribution is 6.07. The average molecular weight is 501 g/mol. The second kappa shape index (κ2) is 10.7. The topological polar surface area (TPSA) is 64.7 Å². The van der Waals surface area contributed by atoms with Crippen LogP contribution in [-0.4, -0.2) is 42.9 Å². The van der Waals surface area contributed by atoms with Gasteiger partial charge in [0.25, 0.3) is 5.91 Å². The first-order chi connectivity index (χ1) is 18.0. The molecule has 2 N–H and O–H groups in total. The fraction of sp³-hybridized carbons (Fsp3) is 0.333. The first-order valence-electron chi connectivity index (χ1n) is 13.1. The van der Waals surface area contributed by atoms with Crippen molar-refractivity contribution in [3.8, 4) is 0 Å². The van der Waals surface area contributed by atoms with Gasteiger partial charge in [-0.2, -0.15) is 0 Å². The molecule has 0 bridgehead atoms. The Balaban J connectivity index is 1.34. The third kappa shape index (κ3) is 4.96. The Labute approximate surface area is 217 Å². The number of carbonyl (C=O) groups excluding carboxylic acids is 2. The van der Waals surface area contributed by atoms with Gasteiger partial charge in [0.05, 0.1) is 11.7 Å². The molecule has 1 fully saturated rings. The van der Waals surface area contributed by atoms with E-state index < -0.39 is 0 Å². The molecular weight excluding hydrogens is 467 g/mol. The summed E-state index contributed by atoms with van der Waals surface area (Å²) in [5.74, 6) is -0.568. The second-order valence-corrected chi connectivity index (χ2v) is 9.72. The van der Waals surface area contributed by atoms with Crippen molar-refractivity contribution >= 4 is 28.9 Å². The van der Waals surface area contributed by atoms with E-state index in [1.165, 1.54) is 6.07 Å². The maximum atomic E-state index is 15.1. The standard InChI is InChI=1S/C30H33FN4O2/c1-3-20(4-2)29(36)32-21-13-14-27(25(31)19-21)34-15-17-35(18-16-34)28-22-9-5-6-10-23(22)30(37)33-26-12-8-7-11-24(26)28/h5-14,19-20,28H,3-4,15-18H2,1-2H3,(H,32,36)(H,33,37). The summed E-state index contributed by atoms with van der Waals surface area (Å²) in [6.45, 7) is 6.70. The van der Waals surface area contributed by atoms with Crippen molar-refractivity contribution in [1.82, 2.24) is 4.90 Å². The fourth-order valence-corrected chi connectivity index (χ4v) is 5.51. The minimum absolute atomic E-state index is 0.0669. The molecule has 0 aliphatic carbocycles. The van der Waals surface area contributed by atoms with Crippen LogP contribution < -0.4 is 15.5 Å². The molecule has 1 atom stereocenters. The number of rotatable bonds is 6. The molecule has 2 heterocycles. The minimum atomic E-state index is -0.337. The van der Waals surface area contributed by atoms with Crippen LogP contribution >= 0.6 is 0 Å². The third-order valence-electron chi connectivity index (χ3n) is 7.60. The molecule has 3 aromatic carbocycles. The molecule has 6 nitrogen and oxygen atoms in total. The van der Waals surface area contributed by atoms with Crippen LogP contribution in [0.4, 0.5) is 21.5 Å². The van der Waals surface area contributed by atoms with Crippen LogP contribution in [0, 0.1) is 11.7 Å². The number of para-hydroxylation sites is 1. The van der Waals surface area contributed by atoms with E-state index in [1.54, 1.807) is 12.1 Å². The molecule has 0 spiro atoms. The SMILES string of the molecule is CCC(CC)C(=O)Nc1ccc(N2CCN(C3c4ccccc4NC(=O)c4ccccc43)CC2)c(F)c1. The first-order valence-corrected chi connectivity index (χ1v) is 13.1. The van der Waals surface area contributed by atoms with Crippen molar-refractivity contribution in [3.63, 3.8) is 0 Å². The molecule has 3 aromatic rings. The number of hydrogen-bond donors (Lipinski definition) is 2. The molecule has 192 valence electrons. The maximum absolute atomic E-state index is 15.1. The molecular formula is C30H33FN4O2. The van der Waals surface area contributed by atoms with E-state index in [-0.39, 0.29) is 29.6 Å². The summed E-state index contributed by atoms with van der Waals surface area (Å²) < 4.78 is 15.1. The monoisotopic (exact) mass is 500 g/mol. The van der Waals surface area contributed by atoms with Gasteiger partial charge in [-0.25, -0.2) is 4.39 Å². The number of nitrogens with one attached hydrogen (secondary N) is 2. The van der Waals surface area contributed by atoms with Crippen molar-refractivity contribution in [2.45, 2.75) is 32.7 Å². The summed E-state index contributed by atoms with van der Waals surface area (Å²) in [6, 6.07) is 20.6. The molecule has 0 aromatic heterocycles. The zero-order valence-electron chi connectivity index (χ0n) is 21.3. The highest BCUT2D eigenvalue weighted by Crippen LogP contribution is 2.39. The van der Waals surface area contributed by atoms with Crippen LogP contribution in [0.25, 0.3) is 0 Å². The van der Waals surface area contributed by atoms with Gasteiger partial charge in [0.1, 0.15) is 5.82 Å². The number of carbonyl (C=O) groups is 2. The van der Waals surface area contributed by atoms with Gasteiger partial charge in [-0.3, -0.25) is 14.5 Å². The summed E-state index contributed by atoms with van der Waals surface area (Å²) in [5.41, 5.74) is 4.59. The van der Waals surface area contributed by atoms with E-state index in [0.717, 1.165) is 29.7 Å². The first kappa shape index (κ1) is 25.0. The van der Waals surface area contributed by atoms with E-state index in [0.29, 0.717) is 43.1 Å². The van der Waals surface area contributed by atoms with Crippen LogP contribution in [-0.2, 0) is 4.79 Å². The van der Waals surface area contributed by atoms with Gasteiger partial charge >= 0.3 is 0 Å². The highest BCUT2D eigenvalue weighted by atomic mass is 19.1. The summed E-state index contributed by atoms with van der Waals surface area (Å²) in [4.78, 5) is 29.8. The molecule has 0 saturated carbocycles. The lowest BCUT2D eigenvalue weighted by molar-refractivity contribution is -0.120. The molecule has 7 heteroatoms. The van der Waals surface area contributed by atoms with Crippen LogP contribution in [0.2, 0.25) is 0 Å². The Morgan fingerprint density at radius 1 is 0.973 bits per heavy atom. The van der Waals surface area contributed by atoms with Crippen molar-refractivity contribution in [2.75, 3.05) is 41.7 Å². The van der Waals surface area contributed by atoms with Crippen molar-refractivity contribution < 1.29 is 14.0 Å². The summed E-state index contributed by atoms with van der Waals surface area (Å²) >= 11 is 0. The number of amides is 2. The van der Waals surface area contributed by atoms with Gasteiger partial charge in [0, 0.05) is 49.0 Å². The van der Waals surface area contributed by atoms with Crippen LogP contribution in [0.15, 0.2) is 66.7 Å². The number of nitrogens with zero attached hydrogens (tertiary/aromatic N) is 2. The van der Waals surface area contributed by atoms with Crippen LogP contribution in [0.1, 0.15) is 54.2 Å². The zero-order valence-corrected chi connectivity index (χ0v) is 21.3. The quantitative estimate of drug-likeness (QED) is 0.457. The smallest absolute Gasteiger partial charge is 0.256 e. The number of anilines is 3. The lowest BCUT2D eigenvalue weighted by atomic mass is 9.93. The largest absolute Gasteiger partial charge is 0.367 e. The summed E-state index contributed by atoms with van der Waals surface area (Å²) in [5, 5.41) is 5.92. The molecule has 2 aliphatic heterocycles. The van der Waals surface area contributed by atoms with E-state index in [9.17, 15) is 9.59 Å². The second-order valence-electron chi connectivity index (χ2n) is 9.72. The van der Waals surface area contributed by atoms with Crippen LogP contribution in [0.5, 0.6) is 0 Å². The predicted molar refractivity (Wildman–Crippen MR) is 146 cm³/mol. The predicted octanol–water partition coefficient (Wildman–Crippen LogP) is 5.68. The lowest BCUT2D eigenvalue weighted by Crippen LogP contribution is -2.48. The number of fused-ring (bicyclic) bond motifs is 2. The zero-order chi connectivity index (χ0) is 25.9.